The summed E-state index contributed by atoms with van der Waals surface area (Å²) in [6.45, 7) is 4.84. The minimum atomic E-state index is -0.131. The molecule has 1 N–H and O–H groups in total. The Morgan fingerprint density at radius 3 is 2.41 bits per heavy atom. The van der Waals surface area contributed by atoms with Gasteiger partial charge >= 0.3 is 0 Å². The van der Waals surface area contributed by atoms with Gasteiger partial charge < -0.3 is 19.9 Å². The molecule has 1 aliphatic carbocycles. The Morgan fingerprint density at radius 1 is 1.00 bits per heavy atom. The molecule has 8 nitrogen and oxygen atoms in total. The third kappa shape index (κ3) is 6.50. The molecule has 3 fully saturated rings. The molecule has 0 bridgehead atoms. The zero-order valence-corrected chi connectivity index (χ0v) is 20.1. The normalized spacial score (nSPS) is 20.5. The van der Waals surface area contributed by atoms with Gasteiger partial charge in [0.2, 0.25) is 11.8 Å². The van der Waals surface area contributed by atoms with Crippen LogP contribution in [-0.2, 0) is 14.4 Å². The van der Waals surface area contributed by atoms with Crippen LogP contribution in [0.3, 0.4) is 0 Å². The Kier molecular flexibility index (Phi) is 8.79. The van der Waals surface area contributed by atoms with Crippen molar-refractivity contribution in [2.45, 2.75) is 51.0 Å². The molecule has 8 heteroatoms. The van der Waals surface area contributed by atoms with E-state index < -0.39 is 0 Å². The van der Waals surface area contributed by atoms with Crippen LogP contribution < -0.4 is 10.1 Å². The third-order valence-corrected chi connectivity index (χ3v) is 7.36. The number of benzene rings is 1. The predicted molar refractivity (Wildman–Crippen MR) is 129 cm³/mol. The lowest BCUT2D eigenvalue weighted by Gasteiger charge is -2.40. The van der Waals surface area contributed by atoms with Crippen molar-refractivity contribution in [1.29, 1.82) is 0 Å². The largest absolute Gasteiger partial charge is 0.484 e. The number of ether oxygens (including phenoxy) is 1. The molecule has 1 atom stereocenters. The van der Waals surface area contributed by atoms with E-state index in [4.69, 9.17) is 4.74 Å². The molecule has 2 aliphatic heterocycles. The van der Waals surface area contributed by atoms with Crippen molar-refractivity contribution in [2.24, 2.45) is 5.92 Å². The lowest BCUT2D eigenvalue weighted by molar-refractivity contribution is -0.137. The van der Waals surface area contributed by atoms with Gasteiger partial charge in [-0.1, -0.05) is 31.0 Å². The van der Waals surface area contributed by atoms with Crippen molar-refractivity contribution >= 4 is 17.7 Å². The van der Waals surface area contributed by atoms with Crippen LogP contribution in [0.25, 0.3) is 0 Å². The lowest BCUT2D eigenvalue weighted by Crippen LogP contribution is -2.58. The molecule has 1 unspecified atom stereocenters. The number of carbonyl (C=O) groups is 3. The van der Waals surface area contributed by atoms with Crippen LogP contribution >= 0.6 is 0 Å². The van der Waals surface area contributed by atoms with Crippen molar-refractivity contribution in [1.82, 2.24) is 20.0 Å². The number of amides is 3. The van der Waals surface area contributed by atoms with Crippen molar-refractivity contribution in [3.05, 3.63) is 30.3 Å². The van der Waals surface area contributed by atoms with Gasteiger partial charge in [0.05, 0.1) is 6.04 Å². The van der Waals surface area contributed by atoms with Gasteiger partial charge in [-0.05, 0) is 43.7 Å². The first kappa shape index (κ1) is 24.5. The summed E-state index contributed by atoms with van der Waals surface area (Å²) >= 11 is 0. The summed E-state index contributed by atoms with van der Waals surface area (Å²) in [6, 6.07) is 9.25. The molecule has 0 aromatic heterocycles. The molecule has 4 rings (SSSR count). The second kappa shape index (κ2) is 12.2. The number of carbonyl (C=O) groups excluding carboxylic acids is 3. The van der Waals surface area contributed by atoms with Crippen LogP contribution in [0.1, 0.15) is 44.9 Å². The van der Waals surface area contributed by atoms with Gasteiger partial charge in [-0.15, -0.1) is 0 Å². The fourth-order valence-corrected chi connectivity index (χ4v) is 5.48. The third-order valence-electron chi connectivity index (χ3n) is 7.36. The van der Waals surface area contributed by atoms with Gasteiger partial charge in [0.25, 0.3) is 5.91 Å². The van der Waals surface area contributed by atoms with Crippen molar-refractivity contribution in [2.75, 3.05) is 52.4 Å². The van der Waals surface area contributed by atoms with Crippen LogP contribution in [-0.4, -0.2) is 90.9 Å². The monoisotopic (exact) mass is 470 g/mol. The lowest BCUT2D eigenvalue weighted by atomic mass is 9.95. The highest BCUT2D eigenvalue weighted by Gasteiger charge is 2.37. The number of likely N-dealkylation sites (tertiary alicyclic amines) is 1. The molecule has 1 aromatic rings. The van der Waals surface area contributed by atoms with Gasteiger partial charge in [-0.2, -0.15) is 0 Å². The van der Waals surface area contributed by atoms with Crippen molar-refractivity contribution < 1.29 is 19.1 Å². The molecule has 0 radical (unpaired) electrons. The van der Waals surface area contributed by atoms with Gasteiger partial charge in [0, 0.05) is 52.2 Å². The highest BCUT2D eigenvalue weighted by molar-refractivity contribution is 5.82. The molecule has 2 saturated heterocycles. The Hall–Kier alpha value is -2.61. The first-order chi connectivity index (χ1) is 16.6. The standard InChI is InChI=1S/C26H38N4O4/c31-23-12-6-14-28(23)15-7-13-27-26(33)25(21-8-4-5-9-21)30-18-16-29(17-19-30)24(32)20-34-22-10-2-1-3-11-22/h1-3,10-11,21,25H,4-9,12-20H2,(H,27,33). The number of hydrogen-bond acceptors (Lipinski definition) is 5. The quantitative estimate of drug-likeness (QED) is 0.528. The maximum absolute atomic E-state index is 13.2. The molecular formula is C26H38N4O4. The highest BCUT2D eigenvalue weighted by atomic mass is 16.5. The van der Waals surface area contributed by atoms with E-state index in [0.717, 1.165) is 38.8 Å². The number of nitrogens with one attached hydrogen (secondary N) is 1. The number of para-hydroxylation sites is 1. The number of piperazine rings is 1. The number of nitrogens with zero attached hydrogens (tertiary/aromatic N) is 3. The van der Waals surface area contributed by atoms with E-state index in [-0.39, 0.29) is 30.4 Å². The molecule has 1 aromatic carbocycles. The number of hydrogen-bond donors (Lipinski definition) is 1. The van der Waals surface area contributed by atoms with Crippen LogP contribution in [0.5, 0.6) is 5.75 Å². The van der Waals surface area contributed by atoms with E-state index >= 15 is 0 Å². The van der Waals surface area contributed by atoms with Crippen molar-refractivity contribution in [3.8, 4) is 5.75 Å². The summed E-state index contributed by atoms with van der Waals surface area (Å²) in [6.07, 6.45) is 6.93. The van der Waals surface area contributed by atoms with E-state index in [0.29, 0.717) is 50.8 Å². The first-order valence-corrected chi connectivity index (χ1v) is 12.9. The summed E-state index contributed by atoms with van der Waals surface area (Å²) in [5, 5.41) is 3.15. The minimum absolute atomic E-state index is 0.0122. The molecular weight excluding hydrogens is 432 g/mol. The average Bonchev–Trinajstić information content (AvgIpc) is 3.54. The maximum atomic E-state index is 13.2. The molecule has 0 spiro atoms. The Morgan fingerprint density at radius 2 is 1.74 bits per heavy atom. The summed E-state index contributed by atoms with van der Waals surface area (Å²) in [4.78, 5) is 43.6. The topological polar surface area (TPSA) is 82.2 Å². The summed E-state index contributed by atoms with van der Waals surface area (Å²) in [7, 11) is 0. The second-order valence-corrected chi connectivity index (χ2v) is 9.64. The Balaban J connectivity index is 1.24. The summed E-state index contributed by atoms with van der Waals surface area (Å²) in [5.41, 5.74) is 0. The van der Waals surface area contributed by atoms with Crippen LogP contribution in [0.4, 0.5) is 0 Å². The van der Waals surface area contributed by atoms with Gasteiger partial charge in [-0.3, -0.25) is 19.3 Å². The Bertz CT molecular complexity index is 819. The second-order valence-electron chi connectivity index (χ2n) is 9.64. The first-order valence-electron chi connectivity index (χ1n) is 12.9. The van der Waals surface area contributed by atoms with E-state index in [1.165, 1.54) is 12.8 Å². The van der Waals surface area contributed by atoms with Crippen LogP contribution in [0.15, 0.2) is 30.3 Å². The molecule has 1 saturated carbocycles. The smallest absolute Gasteiger partial charge is 0.260 e. The highest BCUT2D eigenvalue weighted by Crippen LogP contribution is 2.31. The van der Waals surface area contributed by atoms with Gasteiger partial charge in [0.1, 0.15) is 5.75 Å². The average molecular weight is 471 g/mol. The maximum Gasteiger partial charge on any atom is 0.260 e. The number of rotatable bonds is 10. The summed E-state index contributed by atoms with van der Waals surface area (Å²) in [5.74, 6) is 1.40. The molecule has 34 heavy (non-hydrogen) atoms. The SMILES string of the molecule is O=C(NCCCN1CCCC1=O)C(C1CCCC1)N1CCN(C(=O)COc2ccccc2)CC1. The molecule has 186 valence electrons. The van der Waals surface area contributed by atoms with E-state index in [1.807, 2.05) is 40.1 Å². The summed E-state index contributed by atoms with van der Waals surface area (Å²) < 4.78 is 5.62. The van der Waals surface area contributed by atoms with Crippen LogP contribution in [0.2, 0.25) is 0 Å². The predicted octanol–water partition coefficient (Wildman–Crippen LogP) is 1.90. The zero-order valence-electron chi connectivity index (χ0n) is 20.1. The molecule has 3 amide bonds. The van der Waals surface area contributed by atoms with E-state index in [1.54, 1.807) is 0 Å². The van der Waals surface area contributed by atoms with Crippen molar-refractivity contribution in [3.63, 3.8) is 0 Å². The van der Waals surface area contributed by atoms with Gasteiger partial charge in [-0.25, -0.2) is 0 Å². The fraction of sp³-hybridized carbons (Fsp3) is 0.654. The molecule has 2 heterocycles. The fourth-order valence-electron chi connectivity index (χ4n) is 5.48. The van der Waals surface area contributed by atoms with E-state index in [9.17, 15) is 14.4 Å². The Labute approximate surface area is 202 Å². The van der Waals surface area contributed by atoms with Gasteiger partial charge in [0.15, 0.2) is 6.61 Å². The van der Waals surface area contributed by atoms with Crippen LogP contribution in [0, 0.1) is 5.92 Å². The minimum Gasteiger partial charge on any atom is -0.484 e. The molecule has 3 aliphatic rings. The zero-order chi connectivity index (χ0) is 23.8. The van der Waals surface area contributed by atoms with E-state index in [2.05, 4.69) is 10.2 Å².